The summed E-state index contributed by atoms with van der Waals surface area (Å²) >= 11 is 0. The highest BCUT2D eigenvalue weighted by Crippen LogP contribution is 2.29. The molecule has 4 heteroatoms. The molecule has 136 valence electrons. The molecule has 3 aromatic rings. The summed E-state index contributed by atoms with van der Waals surface area (Å²) in [6.07, 6.45) is 4.32. The number of nitrogens with zero attached hydrogens (tertiary/aromatic N) is 3. The van der Waals surface area contributed by atoms with Crippen molar-refractivity contribution in [1.82, 2.24) is 14.8 Å². The van der Waals surface area contributed by atoms with E-state index in [-0.39, 0.29) is 5.91 Å². The first-order valence-electron chi connectivity index (χ1n) is 9.77. The Bertz CT molecular complexity index is 994. The molecule has 2 aliphatic rings. The fraction of sp³-hybridized carbons (Fsp3) is 0.304. The molecule has 5 rings (SSSR count). The zero-order valence-electron chi connectivity index (χ0n) is 15.3. The number of carbonyl (C=O) groups excluding carboxylic acids is 1. The summed E-state index contributed by atoms with van der Waals surface area (Å²) in [5, 5.41) is 1.11. The van der Waals surface area contributed by atoms with Gasteiger partial charge in [-0.3, -0.25) is 14.7 Å². The molecular formula is C23H23N3O. The van der Waals surface area contributed by atoms with Crippen molar-refractivity contribution in [2.24, 2.45) is 0 Å². The number of fused-ring (bicyclic) bond motifs is 2. The Balaban J connectivity index is 1.46. The van der Waals surface area contributed by atoms with Crippen molar-refractivity contribution >= 4 is 16.8 Å². The van der Waals surface area contributed by atoms with Gasteiger partial charge in [-0.05, 0) is 54.8 Å². The summed E-state index contributed by atoms with van der Waals surface area (Å²) in [6, 6.07) is 18.8. The van der Waals surface area contributed by atoms with Crippen LogP contribution in [0.5, 0.6) is 0 Å². The Kier molecular flexibility index (Phi) is 4.13. The van der Waals surface area contributed by atoms with Crippen LogP contribution in [0.2, 0.25) is 0 Å². The predicted octanol–water partition coefficient (Wildman–Crippen LogP) is 3.82. The fourth-order valence-corrected chi connectivity index (χ4v) is 4.53. The summed E-state index contributed by atoms with van der Waals surface area (Å²) < 4.78 is 0. The van der Waals surface area contributed by atoms with Gasteiger partial charge < -0.3 is 4.90 Å². The van der Waals surface area contributed by atoms with Gasteiger partial charge in [-0.15, -0.1) is 0 Å². The lowest BCUT2D eigenvalue weighted by molar-refractivity contribution is 0.0571. The summed E-state index contributed by atoms with van der Waals surface area (Å²) in [6.45, 7) is 3.89. The third-order valence-electron chi connectivity index (χ3n) is 5.94. The van der Waals surface area contributed by atoms with Crippen LogP contribution in [0.1, 0.15) is 23.2 Å². The average molecular weight is 357 g/mol. The number of pyridine rings is 1. The minimum atomic E-state index is 0.154. The van der Waals surface area contributed by atoms with Gasteiger partial charge >= 0.3 is 0 Å². The molecular weight excluding hydrogens is 334 g/mol. The number of piperazine rings is 1. The molecule has 3 heterocycles. The maximum absolute atomic E-state index is 13.1. The zero-order valence-corrected chi connectivity index (χ0v) is 15.3. The molecule has 4 nitrogen and oxygen atoms in total. The van der Waals surface area contributed by atoms with E-state index in [1.165, 1.54) is 19.4 Å². The minimum absolute atomic E-state index is 0.154. The van der Waals surface area contributed by atoms with E-state index in [1.807, 2.05) is 53.6 Å². The molecule has 0 bridgehead atoms. The van der Waals surface area contributed by atoms with Crippen LogP contribution in [0.3, 0.4) is 0 Å². The second kappa shape index (κ2) is 6.78. The van der Waals surface area contributed by atoms with Crippen LogP contribution < -0.4 is 0 Å². The minimum Gasteiger partial charge on any atom is -0.336 e. The second-order valence-electron chi connectivity index (χ2n) is 7.54. The van der Waals surface area contributed by atoms with Crippen LogP contribution in [0.25, 0.3) is 22.0 Å². The lowest BCUT2D eigenvalue weighted by Gasteiger charge is -2.37. The van der Waals surface area contributed by atoms with Crippen molar-refractivity contribution in [3.05, 3.63) is 66.4 Å². The van der Waals surface area contributed by atoms with Gasteiger partial charge in [-0.2, -0.15) is 0 Å². The molecule has 0 saturated carbocycles. The lowest BCUT2D eigenvalue weighted by atomic mass is 9.99. The van der Waals surface area contributed by atoms with E-state index in [1.54, 1.807) is 0 Å². The summed E-state index contributed by atoms with van der Waals surface area (Å²) in [4.78, 5) is 22.1. The molecule has 0 aliphatic carbocycles. The van der Waals surface area contributed by atoms with Crippen molar-refractivity contribution in [1.29, 1.82) is 0 Å². The van der Waals surface area contributed by atoms with E-state index in [0.29, 0.717) is 6.04 Å². The maximum Gasteiger partial charge on any atom is 0.253 e. The van der Waals surface area contributed by atoms with Gasteiger partial charge in [0.25, 0.3) is 5.91 Å². The molecule has 1 atom stereocenters. The fourth-order valence-electron chi connectivity index (χ4n) is 4.53. The van der Waals surface area contributed by atoms with Crippen molar-refractivity contribution in [2.75, 3.05) is 26.2 Å². The van der Waals surface area contributed by atoms with E-state index in [2.05, 4.69) is 22.0 Å². The molecule has 2 fully saturated rings. The molecule has 0 radical (unpaired) electrons. The van der Waals surface area contributed by atoms with Gasteiger partial charge in [0.2, 0.25) is 0 Å². The Morgan fingerprint density at radius 1 is 1.00 bits per heavy atom. The number of benzene rings is 2. The van der Waals surface area contributed by atoms with E-state index in [4.69, 9.17) is 0 Å². The van der Waals surface area contributed by atoms with Crippen LogP contribution in [-0.4, -0.2) is 52.9 Å². The van der Waals surface area contributed by atoms with E-state index < -0.39 is 0 Å². The summed E-state index contributed by atoms with van der Waals surface area (Å²) in [5.41, 5.74) is 3.94. The first-order valence-corrected chi connectivity index (χ1v) is 9.77. The van der Waals surface area contributed by atoms with E-state index in [9.17, 15) is 4.79 Å². The molecule has 27 heavy (non-hydrogen) atoms. The highest BCUT2D eigenvalue weighted by atomic mass is 16.2. The molecule has 2 aromatic carbocycles. The third-order valence-corrected chi connectivity index (χ3v) is 5.94. The van der Waals surface area contributed by atoms with E-state index >= 15 is 0 Å². The van der Waals surface area contributed by atoms with Crippen LogP contribution in [0.15, 0.2) is 60.8 Å². The first kappa shape index (κ1) is 16.5. The molecule has 1 amide bonds. The van der Waals surface area contributed by atoms with Crippen molar-refractivity contribution in [3.63, 3.8) is 0 Å². The number of carbonyl (C=O) groups is 1. The number of hydrogen-bond acceptors (Lipinski definition) is 3. The van der Waals surface area contributed by atoms with Crippen molar-refractivity contribution in [2.45, 2.75) is 18.9 Å². The van der Waals surface area contributed by atoms with Crippen LogP contribution in [0.4, 0.5) is 0 Å². The quantitative estimate of drug-likeness (QED) is 0.699. The average Bonchev–Trinajstić information content (AvgIpc) is 3.21. The molecule has 0 spiro atoms. The van der Waals surface area contributed by atoms with Crippen molar-refractivity contribution < 1.29 is 4.79 Å². The van der Waals surface area contributed by atoms with Gasteiger partial charge in [-0.25, -0.2) is 0 Å². The Morgan fingerprint density at radius 2 is 1.93 bits per heavy atom. The highest BCUT2D eigenvalue weighted by Gasteiger charge is 2.32. The monoisotopic (exact) mass is 357 g/mol. The van der Waals surface area contributed by atoms with Crippen LogP contribution in [-0.2, 0) is 0 Å². The zero-order chi connectivity index (χ0) is 18.2. The Morgan fingerprint density at radius 3 is 2.89 bits per heavy atom. The standard InChI is InChI=1S/C23H23N3O/c27-23(26-14-13-25-12-4-7-19(25)16-26)18-6-3-5-17(15-18)20-10-11-24-22-9-2-1-8-21(20)22/h1-3,5-6,8-11,15,19H,4,7,12-14,16H2/t19-/m1/s1. The molecule has 1 aromatic heterocycles. The normalized spacial score (nSPS) is 20.0. The van der Waals surface area contributed by atoms with Crippen LogP contribution >= 0.6 is 0 Å². The molecule has 0 unspecified atom stereocenters. The number of para-hydroxylation sites is 1. The second-order valence-corrected chi connectivity index (χ2v) is 7.54. The Hall–Kier alpha value is -2.72. The summed E-state index contributed by atoms with van der Waals surface area (Å²) in [5.74, 6) is 0.154. The maximum atomic E-state index is 13.1. The number of rotatable bonds is 2. The predicted molar refractivity (Wildman–Crippen MR) is 108 cm³/mol. The molecule has 2 aliphatic heterocycles. The Labute approximate surface area is 159 Å². The number of hydrogen-bond donors (Lipinski definition) is 0. The highest BCUT2D eigenvalue weighted by molar-refractivity contribution is 5.98. The van der Waals surface area contributed by atoms with Gasteiger partial charge in [-0.1, -0.05) is 30.3 Å². The van der Waals surface area contributed by atoms with Gasteiger partial charge in [0.1, 0.15) is 0 Å². The topological polar surface area (TPSA) is 36.4 Å². The smallest absolute Gasteiger partial charge is 0.253 e. The summed E-state index contributed by atoms with van der Waals surface area (Å²) in [7, 11) is 0. The lowest BCUT2D eigenvalue weighted by Crippen LogP contribution is -2.52. The number of amides is 1. The van der Waals surface area contributed by atoms with E-state index in [0.717, 1.165) is 47.2 Å². The molecule has 0 N–H and O–H groups in total. The third kappa shape index (κ3) is 3.00. The number of aromatic nitrogens is 1. The first-order chi connectivity index (χ1) is 13.3. The van der Waals surface area contributed by atoms with Gasteiger partial charge in [0.05, 0.1) is 5.52 Å². The van der Waals surface area contributed by atoms with Gasteiger partial charge in [0, 0.05) is 42.8 Å². The molecule has 2 saturated heterocycles. The SMILES string of the molecule is O=C(c1cccc(-c2ccnc3ccccc23)c1)N1CCN2CCC[C@@H]2C1. The van der Waals surface area contributed by atoms with Gasteiger partial charge in [0.15, 0.2) is 0 Å². The largest absolute Gasteiger partial charge is 0.336 e. The van der Waals surface area contributed by atoms with Crippen molar-refractivity contribution in [3.8, 4) is 11.1 Å². The van der Waals surface area contributed by atoms with Crippen LogP contribution in [0, 0.1) is 0 Å².